The van der Waals surface area contributed by atoms with Crippen LogP contribution in [0.25, 0.3) is 11.8 Å². The molecule has 2 atom stereocenters. The van der Waals surface area contributed by atoms with Gasteiger partial charge in [0.05, 0.1) is 11.4 Å². The van der Waals surface area contributed by atoms with Gasteiger partial charge in [0, 0.05) is 37.5 Å². The van der Waals surface area contributed by atoms with E-state index in [1.54, 1.807) is 37.4 Å². The summed E-state index contributed by atoms with van der Waals surface area (Å²) in [6, 6.07) is 7.29. The van der Waals surface area contributed by atoms with E-state index >= 15 is 0 Å². The van der Waals surface area contributed by atoms with E-state index in [4.69, 9.17) is 10.5 Å². The highest BCUT2D eigenvalue weighted by molar-refractivity contribution is 5.74. The number of ether oxygens (including phenoxy) is 1. The zero-order valence-electron chi connectivity index (χ0n) is 23.4. The number of aliphatic carboxylic acids is 1. The second-order valence-electron chi connectivity index (χ2n) is 11.0. The summed E-state index contributed by atoms with van der Waals surface area (Å²) in [6.45, 7) is 5.39. The average Bonchev–Trinajstić information content (AvgIpc) is 3.56. The molecule has 1 aromatic carbocycles. The molecule has 13 heteroatoms. The smallest absolute Gasteiger partial charge is 0.429 e. The fourth-order valence-corrected chi connectivity index (χ4v) is 5.66. The van der Waals surface area contributed by atoms with Gasteiger partial charge in [0.2, 0.25) is 17.9 Å². The van der Waals surface area contributed by atoms with Gasteiger partial charge >= 0.3 is 12.1 Å². The van der Waals surface area contributed by atoms with Gasteiger partial charge < -0.3 is 25.8 Å². The van der Waals surface area contributed by atoms with Gasteiger partial charge in [-0.2, -0.15) is 28.2 Å². The van der Waals surface area contributed by atoms with Crippen molar-refractivity contribution in [1.82, 2.24) is 25.1 Å². The van der Waals surface area contributed by atoms with Gasteiger partial charge in [0.1, 0.15) is 11.9 Å². The number of benzene rings is 1. The third-order valence-corrected chi connectivity index (χ3v) is 7.90. The standard InChI is InChI=1S/C29H34F3N7O3/c1-3-4-5-19-6-7-22(39-11-8-18(2)37-39)20(14-19)25(29(30,31)32)42-24-15-23(35-27(33)36-24)38-12-9-28(10-13-38)16-21(26(40)41)34-17-28/h4-8,11,14-15,21,25,34H,3,9-10,12-13,16-17H2,1-2H3,(H,40,41)(H2,33,35,36)/b5-4+/t21-,25+/m0/s1. The summed E-state index contributed by atoms with van der Waals surface area (Å²) in [7, 11) is 0. The maximum atomic E-state index is 14.7. The molecule has 0 unspecified atom stereocenters. The number of nitrogens with one attached hydrogen (secondary N) is 1. The Hall–Kier alpha value is -4.13. The minimum atomic E-state index is -4.79. The number of aromatic nitrogens is 4. The van der Waals surface area contributed by atoms with Gasteiger partial charge in [-0.05, 0) is 61.8 Å². The Labute approximate surface area is 241 Å². The first kappa shape index (κ1) is 29.4. The first-order valence-corrected chi connectivity index (χ1v) is 13.9. The average molecular weight is 586 g/mol. The number of carbonyl (C=O) groups is 1. The number of anilines is 2. The number of halogens is 3. The molecule has 2 aromatic heterocycles. The van der Waals surface area contributed by atoms with Crippen molar-refractivity contribution in [2.24, 2.45) is 5.41 Å². The SMILES string of the molecule is CC/C=C/c1ccc(-n2ccc(C)n2)c([C@@H](Oc2cc(N3CCC4(CC3)CN[C@H](C(=O)O)C4)nc(N)n2)C(F)(F)F)c1. The Morgan fingerprint density at radius 1 is 1.26 bits per heavy atom. The Morgan fingerprint density at radius 2 is 2.02 bits per heavy atom. The van der Waals surface area contributed by atoms with Gasteiger partial charge in [0.25, 0.3) is 0 Å². The van der Waals surface area contributed by atoms with E-state index in [9.17, 15) is 23.1 Å². The quantitative estimate of drug-likeness (QED) is 0.345. The Kier molecular flexibility index (Phi) is 8.13. The fraction of sp³-hybridized carbons (Fsp3) is 0.448. The maximum Gasteiger partial charge on any atom is 0.429 e. The third kappa shape index (κ3) is 6.35. The molecular formula is C29H34F3N7O3. The first-order valence-electron chi connectivity index (χ1n) is 13.9. The third-order valence-electron chi connectivity index (χ3n) is 7.90. The molecule has 2 aliphatic heterocycles. The molecule has 0 saturated carbocycles. The van der Waals surface area contributed by atoms with E-state index in [1.165, 1.54) is 16.8 Å². The number of rotatable bonds is 8. The lowest BCUT2D eigenvalue weighted by molar-refractivity contribution is -0.198. The van der Waals surface area contributed by atoms with Crippen molar-refractivity contribution >= 4 is 23.8 Å². The van der Waals surface area contributed by atoms with E-state index in [0.29, 0.717) is 56.0 Å². The minimum Gasteiger partial charge on any atom is -0.480 e. The van der Waals surface area contributed by atoms with Crippen molar-refractivity contribution in [1.29, 1.82) is 0 Å². The van der Waals surface area contributed by atoms with Crippen LogP contribution in [0.4, 0.5) is 24.9 Å². The van der Waals surface area contributed by atoms with Crippen LogP contribution in [-0.2, 0) is 4.79 Å². The Bertz CT molecular complexity index is 1460. The summed E-state index contributed by atoms with van der Waals surface area (Å²) >= 11 is 0. The first-order chi connectivity index (χ1) is 20.0. The number of allylic oxidation sites excluding steroid dienone is 1. The van der Waals surface area contributed by atoms with E-state index in [1.807, 2.05) is 17.9 Å². The van der Waals surface area contributed by atoms with E-state index in [2.05, 4.69) is 20.4 Å². The van der Waals surface area contributed by atoms with Crippen molar-refractivity contribution in [3.05, 3.63) is 59.4 Å². The number of hydrogen-bond acceptors (Lipinski definition) is 8. The van der Waals surface area contributed by atoms with Crippen molar-refractivity contribution in [3.8, 4) is 11.6 Å². The molecule has 0 bridgehead atoms. The van der Waals surface area contributed by atoms with Crippen LogP contribution >= 0.6 is 0 Å². The Balaban J connectivity index is 1.44. The lowest BCUT2D eigenvalue weighted by Gasteiger charge is -2.39. The fourth-order valence-electron chi connectivity index (χ4n) is 5.66. The number of piperidine rings is 1. The highest BCUT2D eigenvalue weighted by Crippen LogP contribution is 2.42. The number of nitrogen functional groups attached to an aromatic ring is 1. The highest BCUT2D eigenvalue weighted by atomic mass is 19.4. The van der Waals surface area contributed by atoms with Gasteiger partial charge in [-0.3, -0.25) is 4.79 Å². The van der Waals surface area contributed by atoms with Crippen LogP contribution in [0.3, 0.4) is 0 Å². The van der Waals surface area contributed by atoms with Crippen LogP contribution in [0.15, 0.2) is 42.6 Å². The van der Waals surface area contributed by atoms with Gasteiger partial charge in [0.15, 0.2) is 0 Å². The number of carboxylic acid groups (broad SMARTS) is 1. The number of hydrogen-bond donors (Lipinski definition) is 3. The summed E-state index contributed by atoms with van der Waals surface area (Å²) in [5, 5.41) is 16.8. The number of carboxylic acids is 1. The highest BCUT2D eigenvalue weighted by Gasteiger charge is 2.46. The molecule has 42 heavy (non-hydrogen) atoms. The molecule has 0 aliphatic carbocycles. The summed E-state index contributed by atoms with van der Waals surface area (Å²) in [4.78, 5) is 21.6. The number of nitrogens with two attached hydrogens (primary N) is 1. The molecule has 224 valence electrons. The summed E-state index contributed by atoms with van der Waals surface area (Å²) < 4.78 is 51.1. The van der Waals surface area contributed by atoms with Gasteiger partial charge in [-0.15, -0.1) is 0 Å². The largest absolute Gasteiger partial charge is 0.480 e. The van der Waals surface area contributed by atoms with Crippen molar-refractivity contribution in [2.75, 3.05) is 30.3 Å². The Morgan fingerprint density at radius 3 is 2.64 bits per heavy atom. The van der Waals surface area contributed by atoms with Crippen molar-refractivity contribution in [2.45, 2.75) is 57.9 Å². The van der Waals surface area contributed by atoms with Crippen molar-refractivity contribution < 1.29 is 27.8 Å². The van der Waals surface area contributed by atoms with Crippen LogP contribution in [0.1, 0.15) is 55.5 Å². The zero-order valence-corrected chi connectivity index (χ0v) is 23.4. The number of nitrogens with zero attached hydrogens (tertiary/aromatic N) is 5. The summed E-state index contributed by atoms with van der Waals surface area (Å²) in [5.41, 5.74) is 7.17. The molecule has 2 fully saturated rings. The van der Waals surface area contributed by atoms with E-state index < -0.39 is 24.3 Å². The van der Waals surface area contributed by atoms with Crippen LogP contribution in [0.5, 0.6) is 5.88 Å². The normalized spacial score (nSPS) is 19.5. The van der Waals surface area contributed by atoms with Crippen LogP contribution < -0.4 is 20.7 Å². The molecule has 0 radical (unpaired) electrons. The molecule has 2 aliphatic rings. The van der Waals surface area contributed by atoms with Gasteiger partial charge in [-0.25, -0.2) is 4.68 Å². The second-order valence-corrected chi connectivity index (χ2v) is 11.0. The summed E-state index contributed by atoms with van der Waals surface area (Å²) in [5.74, 6) is -1.02. The predicted molar refractivity (Wildman–Crippen MR) is 151 cm³/mol. The molecular weight excluding hydrogens is 551 g/mol. The van der Waals surface area contributed by atoms with Gasteiger partial charge in [-0.1, -0.05) is 25.1 Å². The minimum absolute atomic E-state index is 0.121. The van der Waals surface area contributed by atoms with E-state index in [-0.39, 0.29) is 28.5 Å². The summed E-state index contributed by atoms with van der Waals surface area (Å²) in [6.07, 6.45) is 0.751. The monoisotopic (exact) mass is 585 g/mol. The van der Waals surface area contributed by atoms with Crippen LogP contribution in [0, 0.1) is 12.3 Å². The van der Waals surface area contributed by atoms with Crippen LogP contribution in [-0.4, -0.2) is 62.7 Å². The predicted octanol–water partition coefficient (Wildman–Crippen LogP) is 4.69. The molecule has 5 rings (SSSR count). The van der Waals surface area contributed by atoms with E-state index in [0.717, 1.165) is 6.42 Å². The molecule has 4 N–H and O–H groups in total. The van der Waals surface area contributed by atoms with Crippen molar-refractivity contribution in [3.63, 3.8) is 0 Å². The zero-order chi connectivity index (χ0) is 30.1. The molecule has 4 heterocycles. The molecule has 1 spiro atoms. The molecule has 0 amide bonds. The number of aryl methyl sites for hydroxylation is 1. The maximum absolute atomic E-state index is 14.7. The molecule has 3 aromatic rings. The second kappa shape index (κ2) is 11.6. The number of alkyl halides is 3. The molecule has 2 saturated heterocycles. The van der Waals surface area contributed by atoms with Crippen LogP contribution in [0.2, 0.25) is 0 Å². The topological polar surface area (TPSA) is 131 Å². The lowest BCUT2D eigenvalue weighted by atomic mass is 9.76. The molecule has 10 nitrogen and oxygen atoms in total. The lowest BCUT2D eigenvalue weighted by Crippen LogP contribution is -2.41.